The molecule has 0 amide bonds. The van der Waals surface area contributed by atoms with E-state index in [1.54, 1.807) is 0 Å². The van der Waals surface area contributed by atoms with Crippen LogP contribution in [-0.2, 0) is 0 Å². The van der Waals surface area contributed by atoms with Crippen LogP contribution in [0.25, 0.3) is 0 Å². The summed E-state index contributed by atoms with van der Waals surface area (Å²) >= 11 is 9.00. The van der Waals surface area contributed by atoms with E-state index in [0.717, 1.165) is 35.6 Å². The highest BCUT2D eigenvalue weighted by atomic mass is 79.9. The second-order valence-electron chi connectivity index (χ2n) is 3.41. The van der Waals surface area contributed by atoms with E-state index in [4.69, 9.17) is 16.3 Å². The molecule has 84 valence electrons. The summed E-state index contributed by atoms with van der Waals surface area (Å²) < 4.78 is 6.66. The number of benzene rings is 1. The van der Waals surface area contributed by atoms with E-state index in [2.05, 4.69) is 15.9 Å². The highest BCUT2D eigenvalue weighted by molar-refractivity contribution is 9.10. The summed E-state index contributed by atoms with van der Waals surface area (Å²) in [5.41, 5.74) is 0. The van der Waals surface area contributed by atoms with Gasteiger partial charge in [-0.15, -0.1) is 11.6 Å². The topological polar surface area (TPSA) is 9.23 Å². The lowest BCUT2D eigenvalue weighted by atomic mass is 10.2. The van der Waals surface area contributed by atoms with Crippen LogP contribution in [0, 0.1) is 0 Å². The summed E-state index contributed by atoms with van der Waals surface area (Å²) in [7, 11) is 0. The van der Waals surface area contributed by atoms with Crippen LogP contribution >= 0.6 is 27.5 Å². The Kier molecular flexibility index (Phi) is 6.86. The van der Waals surface area contributed by atoms with Gasteiger partial charge in [-0.3, -0.25) is 0 Å². The first-order valence-corrected chi connectivity index (χ1v) is 6.60. The van der Waals surface area contributed by atoms with Crippen molar-refractivity contribution in [3.05, 3.63) is 28.7 Å². The molecule has 3 heteroatoms. The first kappa shape index (κ1) is 12.9. The van der Waals surface area contributed by atoms with Gasteiger partial charge >= 0.3 is 0 Å². The summed E-state index contributed by atoms with van der Waals surface area (Å²) in [6, 6.07) is 7.93. The Bertz CT molecular complexity index is 278. The Labute approximate surface area is 105 Å². The van der Waals surface area contributed by atoms with Gasteiger partial charge in [0.25, 0.3) is 0 Å². The molecule has 1 aromatic rings. The molecule has 0 bridgehead atoms. The molecule has 1 aromatic carbocycles. The third-order valence-corrected chi connectivity index (χ3v) is 2.85. The van der Waals surface area contributed by atoms with Crippen molar-refractivity contribution in [3.63, 3.8) is 0 Å². The minimum atomic E-state index is 0.770. The minimum Gasteiger partial charge on any atom is -0.494 e. The Morgan fingerprint density at radius 1 is 1.13 bits per heavy atom. The summed E-state index contributed by atoms with van der Waals surface area (Å²) in [5.74, 6) is 1.70. The molecule has 0 aliphatic carbocycles. The van der Waals surface area contributed by atoms with E-state index >= 15 is 0 Å². The summed E-state index contributed by atoms with van der Waals surface area (Å²) in [4.78, 5) is 0. The molecule has 0 saturated heterocycles. The Morgan fingerprint density at radius 2 is 1.93 bits per heavy atom. The van der Waals surface area contributed by atoms with Crippen molar-refractivity contribution in [2.24, 2.45) is 0 Å². The number of rotatable bonds is 7. The van der Waals surface area contributed by atoms with Gasteiger partial charge in [0.2, 0.25) is 0 Å². The standard InChI is InChI=1S/C12H16BrClO/c13-11-6-5-7-12(10-11)15-9-4-2-1-3-8-14/h5-7,10H,1-4,8-9H2. The van der Waals surface area contributed by atoms with Gasteiger partial charge < -0.3 is 4.74 Å². The first-order valence-electron chi connectivity index (χ1n) is 5.27. The predicted molar refractivity (Wildman–Crippen MR) is 68.8 cm³/mol. The fourth-order valence-corrected chi connectivity index (χ4v) is 1.86. The lowest BCUT2D eigenvalue weighted by Crippen LogP contribution is -1.97. The lowest BCUT2D eigenvalue weighted by molar-refractivity contribution is 0.305. The predicted octanol–water partition coefficient (Wildman–Crippen LogP) is 4.63. The van der Waals surface area contributed by atoms with Crippen LogP contribution in [0.2, 0.25) is 0 Å². The molecular weight excluding hydrogens is 275 g/mol. The van der Waals surface area contributed by atoms with E-state index < -0.39 is 0 Å². The zero-order valence-corrected chi connectivity index (χ0v) is 11.1. The lowest BCUT2D eigenvalue weighted by Gasteiger charge is -2.05. The summed E-state index contributed by atoms with van der Waals surface area (Å²) in [6.45, 7) is 0.790. The molecule has 1 nitrogen and oxygen atoms in total. The second kappa shape index (κ2) is 8.00. The van der Waals surface area contributed by atoms with Gasteiger partial charge in [0.15, 0.2) is 0 Å². The molecule has 0 spiro atoms. The molecule has 0 atom stereocenters. The first-order chi connectivity index (χ1) is 7.33. The monoisotopic (exact) mass is 290 g/mol. The van der Waals surface area contributed by atoms with Gasteiger partial charge in [0.1, 0.15) is 5.75 Å². The van der Waals surface area contributed by atoms with Gasteiger partial charge in [0.05, 0.1) is 6.61 Å². The largest absolute Gasteiger partial charge is 0.494 e. The molecule has 0 heterocycles. The van der Waals surface area contributed by atoms with Crippen molar-refractivity contribution in [3.8, 4) is 5.75 Å². The number of hydrogen-bond donors (Lipinski definition) is 0. The van der Waals surface area contributed by atoms with Gasteiger partial charge in [-0.05, 0) is 31.0 Å². The molecule has 0 saturated carbocycles. The SMILES string of the molecule is ClCCCCCCOc1cccc(Br)c1. The molecule has 15 heavy (non-hydrogen) atoms. The van der Waals surface area contributed by atoms with Crippen molar-refractivity contribution in [2.75, 3.05) is 12.5 Å². The maximum Gasteiger partial charge on any atom is 0.120 e. The fourth-order valence-electron chi connectivity index (χ4n) is 1.30. The Balaban J connectivity index is 2.10. The maximum absolute atomic E-state index is 5.60. The van der Waals surface area contributed by atoms with Crippen LogP contribution in [-0.4, -0.2) is 12.5 Å². The number of alkyl halides is 1. The van der Waals surface area contributed by atoms with Crippen molar-refractivity contribution >= 4 is 27.5 Å². The molecule has 1 rings (SSSR count). The molecular formula is C12H16BrClO. The third kappa shape index (κ3) is 6.06. The number of ether oxygens (including phenoxy) is 1. The van der Waals surface area contributed by atoms with Crippen molar-refractivity contribution in [1.29, 1.82) is 0 Å². The van der Waals surface area contributed by atoms with E-state index in [1.807, 2.05) is 24.3 Å². The van der Waals surface area contributed by atoms with Crippen molar-refractivity contribution in [2.45, 2.75) is 25.7 Å². The van der Waals surface area contributed by atoms with E-state index in [0.29, 0.717) is 0 Å². The summed E-state index contributed by atoms with van der Waals surface area (Å²) in [6.07, 6.45) is 4.61. The highest BCUT2D eigenvalue weighted by Crippen LogP contribution is 2.18. The van der Waals surface area contributed by atoms with Crippen LogP contribution in [0.15, 0.2) is 28.7 Å². The highest BCUT2D eigenvalue weighted by Gasteiger charge is 1.94. The zero-order chi connectivity index (χ0) is 10.9. The number of hydrogen-bond acceptors (Lipinski definition) is 1. The van der Waals surface area contributed by atoms with Gasteiger partial charge in [-0.1, -0.05) is 34.8 Å². The molecule has 0 aromatic heterocycles. The van der Waals surface area contributed by atoms with Gasteiger partial charge in [-0.2, -0.15) is 0 Å². The second-order valence-corrected chi connectivity index (χ2v) is 4.70. The Hall–Kier alpha value is -0.210. The molecule has 0 radical (unpaired) electrons. The van der Waals surface area contributed by atoms with E-state index in [1.165, 1.54) is 12.8 Å². The van der Waals surface area contributed by atoms with Crippen LogP contribution in [0.3, 0.4) is 0 Å². The Morgan fingerprint density at radius 3 is 2.67 bits per heavy atom. The molecule has 0 N–H and O–H groups in total. The molecule has 0 fully saturated rings. The number of halogens is 2. The van der Waals surface area contributed by atoms with Crippen LogP contribution in [0.1, 0.15) is 25.7 Å². The average molecular weight is 292 g/mol. The van der Waals surface area contributed by atoms with E-state index in [9.17, 15) is 0 Å². The zero-order valence-electron chi connectivity index (χ0n) is 8.72. The van der Waals surface area contributed by atoms with Crippen LogP contribution in [0.5, 0.6) is 5.75 Å². The maximum atomic E-state index is 5.60. The average Bonchev–Trinajstić information content (AvgIpc) is 2.23. The van der Waals surface area contributed by atoms with E-state index in [-0.39, 0.29) is 0 Å². The van der Waals surface area contributed by atoms with Crippen LogP contribution in [0.4, 0.5) is 0 Å². The molecule has 0 aliphatic heterocycles. The molecule has 0 unspecified atom stereocenters. The van der Waals surface area contributed by atoms with Gasteiger partial charge in [-0.25, -0.2) is 0 Å². The smallest absolute Gasteiger partial charge is 0.120 e. The van der Waals surface area contributed by atoms with Gasteiger partial charge in [0, 0.05) is 10.4 Å². The fraction of sp³-hybridized carbons (Fsp3) is 0.500. The summed E-state index contributed by atoms with van der Waals surface area (Å²) in [5, 5.41) is 0. The quantitative estimate of drug-likeness (QED) is 0.526. The van der Waals surface area contributed by atoms with Crippen molar-refractivity contribution < 1.29 is 4.74 Å². The van der Waals surface area contributed by atoms with Crippen LogP contribution < -0.4 is 4.74 Å². The molecule has 0 aliphatic rings. The normalized spacial score (nSPS) is 10.3. The number of unbranched alkanes of at least 4 members (excludes halogenated alkanes) is 3. The minimum absolute atomic E-state index is 0.770. The van der Waals surface area contributed by atoms with Crippen molar-refractivity contribution in [1.82, 2.24) is 0 Å². The third-order valence-electron chi connectivity index (χ3n) is 2.09.